The van der Waals surface area contributed by atoms with Gasteiger partial charge in [0.2, 0.25) is 16.7 Å². The molecule has 1 atom stereocenters. The van der Waals surface area contributed by atoms with Crippen molar-refractivity contribution < 1.29 is 19.2 Å². The van der Waals surface area contributed by atoms with Crippen LogP contribution in [-0.2, 0) is 9.59 Å². The van der Waals surface area contributed by atoms with Crippen molar-refractivity contribution in [1.29, 1.82) is 5.53 Å². The summed E-state index contributed by atoms with van der Waals surface area (Å²) in [5, 5.41) is 5.63. The summed E-state index contributed by atoms with van der Waals surface area (Å²) >= 11 is 0. The minimum Gasteiger partial charge on any atom is -0.295 e. The fourth-order valence-corrected chi connectivity index (χ4v) is 2.63. The van der Waals surface area contributed by atoms with Crippen LogP contribution < -0.4 is 10.2 Å². The molecule has 22 heavy (non-hydrogen) atoms. The zero-order valence-corrected chi connectivity index (χ0v) is 11.2. The number of benzene rings is 1. The number of fused-ring (bicyclic) bond motifs is 1. The van der Waals surface area contributed by atoms with E-state index in [1.807, 2.05) is 0 Å². The molecule has 3 rings (SSSR count). The van der Waals surface area contributed by atoms with E-state index in [9.17, 15) is 19.2 Å². The third kappa shape index (κ3) is 1.92. The number of piperidine rings is 1. The van der Waals surface area contributed by atoms with Crippen LogP contribution in [0.5, 0.6) is 0 Å². The van der Waals surface area contributed by atoms with Crippen LogP contribution in [0.4, 0.5) is 5.69 Å². The van der Waals surface area contributed by atoms with Crippen molar-refractivity contribution >= 4 is 29.3 Å². The molecule has 0 radical (unpaired) electrons. The Hall–Kier alpha value is -3.19. The maximum atomic E-state index is 12.5. The van der Waals surface area contributed by atoms with Crippen LogP contribution in [0.1, 0.15) is 33.6 Å². The minimum absolute atomic E-state index is 0.0215. The van der Waals surface area contributed by atoms with Gasteiger partial charge in [-0.2, -0.15) is 0 Å². The highest BCUT2D eigenvalue weighted by Crippen LogP contribution is 2.33. The maximum absolute atomic E-state index is 12.5. The highest BCUT2D eigenvalue weighted by atomic mass is 16.2. The molecule has 2 aliphatic rings. The number of amides is 4. The first-order chi connectivity index (χ1) is 10.5. The molecule has 0 bridgehead atoms. The highest BCUT2D eigenvalue weighted by Gasteiger charge is 2.46. The molecule has 0 spiro atoms. The molecule has 0 aliphatic carbocycles. The molecule has 2 N–H and O–H groups in total. The smallest absolute Gasteiger partial charge is 0.264 e. The van der Waals surface area contributed by atoms with Crippen LogP contribution in [0.15, 0.2) is 23.3 Å². The van der Waals surface area contributed by atoms with Crippen molar-refractivity contribution in [1.82, 2.24) is 15.1 Å². The molecule has 0 aromatic heterocycles. The molecule has 4 amide bonds. The van der Waals surface area contributed by atoms with Gasteiger partial charge in [0.25, 0.3) is 11.8 Å². The zero-order chi connectivity index (χ0) is 15.9. The predicted molar refractivity (Wildman–Crippen MR) is 70.1 cm³/mol. The summed E-state index contributed by atoms with van der Waals surface area (Å²) in [6.45, 7) is 0. The Bertz CT molecular complexity index is 781. The van der Waals surface area contributed by atoms with Crippen LogP contribution >= 0.6 is 0 Å². The normalized spacial score (nSPS) is 20.5. The van der Waals surface area contributed by atoms with Crippen molar-refractivity contribution in [2.45, 2.75) is 18.9 Å². The van der Waals surface area contributed by atoms with Crippen molar-refractivity contribution in [3.63, 3.8) is 0 Å². The Labute approximate surface area is 123 Å². The molecule has 0 saturated carbocycles. The number of nitrogens with one attached hydrogen (secondary N) is 2. The summed E-state index contributed by atoms with van der Waals surface area (Å²) in [5.41, 5.74) is 7.00. The average molecular weight is 300 g/mol. The summed E-state index contributed by atoms with van der Waals surface area (Å²) in [6, 6.07) is 3.40. The minimum atomic E-state index is -1.02. The van der Waals surface area contributed by atoms with Crippen molar-refractivity contribution in [2.24, 2.45) is 5.11 Å². The molecular weight excluding hydrogens is 290 g/mol. The van der Waals surface area contributed by atoms with Gasteiger partial charge in [-0.05, 0) is 18.6 Å². The Balaban J connectivity index is 2.04. The number of rotatable bonds is 2. The Morgan fingerprint density at radius 2 is 2.00 bits per heavy atom. The summed E-state index contributed by atoms with van der Waals surface area (Å²) in [7, 11) is 0. The Kier molecular flexibility index (Phi) is 3.11. The van der Waals surface area contributed by atoms with Gasteiger partial charge in [0.1, 0.15) is 11.6 Å². The summed E-state index contributed by atoms with van der Waals surface area (Å²) in [4.78, 5) is 51.7. The fourth-order valence-electron chi connectivity index (χ4n) is 2.63. The number of hydrogen-bond donors (Lipinski definition) is 2. The molecule has 1 saturated heterocycles. The van der Waals surface area contributed by atoms with E-state index in [2.05, 4.69) is 15.3 Å². The third-order valence-corrected chi connectivity index (χ3v) is 3.60. The molecule has 110 valence electrons. The third-order valence-electron chi connectivity index (χ3n) is 3.60. The van der Waals surface area contributed by atoms with Gasteiger partial charge in [-0.1, -0.05) is 6.07 Å². The van der Waals surface area contributed by atoms with Gasteiger partial charge < -0.3 is 0 Å². The maximum Gasteiger partial charge on any atom is 0.264 e. The van der Waals surface area contributed by atoms with Gasteiger partial charge >= 0.3 is 0 Å². The van der Waals surface area contributed by atoms with E-state index in [0.717, 1.165) is 4.90 Å². The largest absolute Gasteiger partial charge is 0.295 e. The molecule has 1 aromatic carbocycles. The van der Waals surface area contributed by atoms with E-state index in [4.69, 9.17) is 5.53 Å². The fraction of sp³-hybridized carbons (Fsp3) is 0.231. The van der Waals surface area contributed by atoms with Crippen LogP contribution in [0.3, 0.4) is 0 Å². The summed E-state index contributed by atoms with van der Waals surface area (Å²) in [6.07, 6.45) is 0.147. The molecule has 1 unspecified atom stereocenters. The van der Waals surface area contributed by atoms with Crippen molar-refractivity contribution in [3.05, 3.63) is 29.3 Å². The van der Waals surface area contributed by atoms with Crippen LogP contribution in [0, 0.1) is 5.53 Å². The van der Waals surface area contributed by atoms with Crippen molar-refractivity contribution in [3.8, 4) is 0 Å². The van der Waals surface area contributed by atoms with E-state index in [-0.39, 0.29) is 29.7 Å². The zero-order valence-electron chi connectivity index (χ0n) is 11.2. The molecule has 9 nitrogen and oxygen atoms in total. The van der Waals surface area contributed by atoms with Gasteiger partial charge in [0.15, 0.2) is 10.8 Å². The van der Waals surface area contributed by atoms with E-state index in [0.29, 0.717) is 0 Å². The first kappa shape index (κ1) is 13.8. The molecule has 1 fully saturated rings. The first-order valence-corrected chi connectivity index (χ1v) is 6.46. The van der Waals surface area contributed by atoms with Crippen molar-refractivity contribution in [2.75, 3.05) is 0 Å². The van der Waals surface area contributed by atoms with E-state index >= 15 is 0 Å². The number of imide groups is 2. The molecular formula is C13H10N5O4+. The first-order valence-electron chi connectivity index (χ1n) is 6.46. The monoisotopic (exact) mass is 300 g/mol. The van der Waals surface area contributed by atoms with Gasteiger partial charge in [-0.15, -0.1) is 0 Å². The number of hydrogen-bond acceptors (Lipinski definition) is 6. The number of nitrogens with zero attached hydrogens (tertiary/aromatic N) is 3. The lowest BCUT2D eigenvalue weighted by atomic mass is 10.0. The summed E-state index contributed by atoms with van der Waals surface area (Å²) < 4.78 is 0. The van der Waals surface area contributed by atoms with Crippen LogP contribution in [0.25, 0.3) is 0 Å². The SMILES string of the molecule is N=[N+]=Nc1cccc2c1C(=O)N(C1CCC(=O)NC1=O)C2=O. The van der Waals surface area contributed by atoms with Gasteiger partial charge in [-0.25, -0.2) is 0 Å². The Morgan fingerprint density at radius 3 is 2.68 bits per heavy atom. The highest BCUT2D eigenvalue weighted by molar-refractivity contribution is 6.25. The molecule has 2 aliphatic heterocycles. The number of carbonyl (C=O) groups is 4. The topological polar surface area (TPSA) is 134 Å². The standard InChI is InChI=1S/C13H9N5O4/c14-17-16-7-3-1-2-6-10(7)13(22)18(12(6)21)8-4-5-9(19)15-11(8)20/h1-3,8,14H,4-5H2/p+1. The predicted octanol–water partition coefficient (Wildman–Crippen LogP) is 0.270. The average Bonchev–Trinajstić information content (AvgIpc) is 2.73. The van der Waals surface area contributed by atoms with E-state index in [1.54, 1.807) is 0 Å². The lowest BCUT2D eigenvalue weighted by Gasteiger charge is -2.27. The lowest BCUT2D eigenvalue weighted by Crippen LogP contribution is -2.54. The quantitative estimate of drug-likeness (QED) is 0.460. The summed E-state index contributed by atoms with van der Waals surface area (Å²) in [5.74, 6) is -2.38. The van der Waals surface area contributed by atoms with Gasteiger partial charge in [0.05, 0.1) is 11.1 Å². The molecule has 2 heterocycles. The second-order valence-electron chi connectivity index (χ2n) is 4.85. The second-order valence-corrected chi connectivity index (χ2v) is 4.85. The van der Waals surface area contributed by atoms with Gasteiger partial charge in [0, 0.05) is 6.42 Å². The van der Waals surface area contributed by atoms with E-state index in [1.165, 1.54) is 18.2 Å². The number of carbonyl (C=O) groups excluding carboxylic acids is 4. The van der Waals surface area contributed by atoms with Gasteiger partial charge in [-0.3, -0.25) is 29.4 Å². The van der Waals surface area contributed by atoms with Crippen LogP contribution in [0.2, 0.25) is 0 Å². The molecule has 1 aromatic rings. The second kappa shape index (κ2) is 4.97. The van der Waals surface area contributed by atoms with Crippen LogP contribution in [-0.4, -0.2) is 34.6 Å². The van der Waals surface area contributed by atoms with E-state index < -0.39 is 29.7 Å². The Morgan fingerprint density at radius 1 is 1.23 bits per heavy atom. The lowest BCUT2D eigenvalue weighted by molar-refractivity contribution is -0.136. The molecule has 9 heteroatoms.